The van der Waals surface area contributed by atoms with E-state index in [0.717, 1.165) is 41.6 Å². The van der Waals surface area contributed by atoms with E-state index in [4.69, 9.17) is 19.5 Å². The summed E-state index contributed by atoms with van der Waals surface area (Å²) in [5, 5.41) is 24.6. The van der Waals surface area contributed by atoms with E-state index >= 15 is 0 Å². The molecule has 0 amide bonds. The van der Waals surface area contributed by atoms with Gasteiger partial charge in [-0.2, -0.15) is 71.9 Å². The van der Waals surface area contributed by atoms with Crippen molar-refractivity contribution in [2.45, 2.75) is 24.7 Å². The van der Waals surface area contributed by atoms with Crippen LogP contribution in [0.15, 0.2) is 63.4 Å². The molecule has 0 saturated carbocycles. The largest absolute Gasteiger partial charge is 0.495 e. The number of aromatic nitrogens is 10. The number of rotatable bonds is 8. The molecule has 0 unspecified atom stereocenters. The Kier molecular flexibility index (Phi) is 14.8. The normalized spacial score (nSPS) is 11.9. The van der Waals surface area contributed by atoms with E-state index in [1.165, 1.54) is 26.5 Å². The average molecular weight is 967 g/mol. The van der Waals surface area contributed by atoms with Crippen LogP contribution in [0.5, 0.6) is 23.5 Å². The number of ether oxygens (including phenoxy) is 4. The molecule has 0 aliphatic rings. The van der Waals surface area contributed by atoms with Crippen molar-refractivity contribution >= 4 is 39.8 Å². The van der Waals surface area contributed by atoms with E-state index in [2.05, 4.69) is 65.5 Å². The molecule has 6 heterocycles. The average Bonchev–Trinajstić information content (AvgIpc) is 3.19. The first-order valence-corrected chi connectivity index (χ1v) is 16.6. The van der Waals surface area contributed by atoms with E-state index in [1.807, 2.05) is 0 Å². The first kappa shape index (κ1) is 48.2. The summed E-state index contributed by atoms with van der Waals surface area (Å²) in [6.45, 7) is -3.18. The Morgan fingerprint density at radius 1 is 0.629 bits per heavy atom. The molecular formula is C30H20BBrF12N10O8. The van der Waals surface area contributed by atoms with Crippen molar-refractivity contribution in [2.75, 3.05) is 27.4 Å². The monoisotopic (exact) mass is 966 g/mol. The van der Waals surface area contributed by atoms with E-state index < -0.39 is 101 Å². The van der Waals surface area contributed by atoms with Crippen LogP contribution in [0.3, 0.4) is 0 Å². The fraction of sp³-hybridized carbons (Fsp3) is 0.267. The fourth-order valence-corrected chi connectivity index (χ4v) is 4.71. The van der Waals surface area contributed by atoms with Crippen molar-refractivity contribution in [1.82, 2.24) is 49.1 Å². The van der Waals surface area contributed by atoms with Gasteiger partial charge < -0.3 is 29.0 Å². The van der Waals surface area contributed by atoms with Crippen molar-refractivity contribution < 1.29 is 81.7 Å². The van der Waals surface area contributed by atoms with Crippen LogP contribution < -0.4 is 35.5 Å². The predicted molar refractivity (Wildman–Crippen MR) is 185 cm³/mol. The Morgan fingerprint density at radius 2 is 1.03 bits per heavy atom. The molecule has 0 atom stereocenters. The van der Waals surface area contributed by atoms with Gasteiger partial charge in [0.1, 0.15) is 16.0 Å². The van der Waals surface area contributed by atoms with Gasteiger partial charge in [0.15, 0.2) is 35.9 Å². The van der Waals surface area contributed by atoms with Gasteiger partial charge in [-0.3, -0.25) is 9.59 Å². The Labute approximate surface area is 343 Å². The molecular weight excluding hydrogens is 947 g/mol. The molecule has 0 bridgehead atoms. The van der Waals surface area contributed by atoms with Gasteiger partial charge in [0.25, 0.3) is 11.1 Å². The number of nitrogens with zero attached hydrogens (tertiary/aromatic N) is 10. The highest BCUT2D eigenvalue weighted by atomic mass is 79.9. The van der Waals surface area contributed by atoms with Crippen molar-refractivity contribution in [3.05, 3.63) is 85.9 Å². The number of hydrogen-bond donors (Lipinski definition) is 2. The molecule has 0 aliphatic heterocycles. The van der Waals surface area contributed by atoms with Gasteiger partial charge in [-0.05, 0) is 15.9 Å². The lowest BCUT2D eigenvalue weighted by molar-refractivity contribution is -0.155. The number of fused-ring (bicyclic) bond motifs is 2. The molecule has 332 valence electrons. The zero-order chi connectivity index (χ0) is 46.4. The van der Waals surface area contributed by atoms with Crippen LogP contribution in [0, 0.1) is 0 Å². The van der Waals surface area contributed by atoms with Gasteiger partial charge in [-0.25, -0.2) is 29.9 Å². The summed E-state index contributed by atoms with van der Waals surface area (Å²) in [4.78, 5) is 44.6. The van der Waals surface area contributed by atoms with Crippen LogP contribution in [0.2, 0.25) is 0 Å². The summed E-state index contributed by atoms with van der Waals surface area (Å²) >= 11 is 2.59. The molecule has 0 fully saturated rings. The SMILES string of the molecule is COc1cnn2c(=O)c(-c3cnc(OCC(F)(F)F)nc3)c(C(F)(F)F)nc2c1.COc1cnn2c(=O)c(Br)c(C(F)(F)F)nc2c1.OB(O)c1cnc(OCC(F)(F)F)nc1. The molecule has 0 saturated heterocycles. The minimum atomic E-state index is -5.03. The predicted octanol–water partition coefficient (Wildman–Crippen LogP) is 3.49. The highest BCUT2D eigenvalue weighted by molar-refractivity contribution is 9.10. The van der Waals surface area contributed by atoms with E-state index in [-0.39, 0.29) is 22.6 Å². The van der Waals surface area contributed by atoms with E-state index in [1.54, 1.807) is 0 Å². The minimum Gasteiger partial charge on any atom is -0.495 e. The first-order chi connectivity index (χ1) is 28.7. The molecule has 6 rings (SSSR count). The highest BCUT2D eigenvalue weighted by Crippen LogP contribution is 2.35. The highest BCUT2D eigenvalue weighted by Gasteiger charge is 2.39. The summed E-state index contributed by atoms with van der Waals surface area (Å²) < 4.78 is 169. The smallest absolute Gasteiger partial charge is 0.491 e. The maximum absolute atomic E-state index is 13.5. The second-order valence-corrected chi connectivity index (χ2v) is 12.1. The zero-order valence-electron chi connectivity index (χ0n) is 30.3. The molecule has 0 radical (unpaired) electrons. The summed E-state index contributed by atoms with van der Waals surface area (Å²) in [7, 11) is 0.821. The summed E-state index contributed by atoms with van der Waals surface area (Å²) in [5.74, 6) is 0.282. The second-order valence-electron chi connectivity index (χ2n) is 11.3. The minimum absolute atomic E-state index is 0.0330. The van der Waals surface area contributed by atoms with Gasteiger partial charge >= 0.3 is 43.8 Å². The Hall–Kier alpha value is -6.44. The molecule has 0 aliphatic carbocycles. The quantitative estimate of drug-likeness (QED) is 0.165. The van der Waals surface area contributed by atoms with Crippen LogP contribution >= 0.6 is 15.9 Å². The lowest BCUT2D eigenvalue weighted by Crippen LogP contribution is -2.30. The number of halogens is 13. The van der Waals surface area contributed by atoms with Gasteiger partial charge in [-0.1, -0.05) is 0 Å². The maximum atomic E-state index is 13.5. The molecule has 18 nitrogen and oxygen atoms in total. The lowest BCUT2D eigenvalue weighted by atomic mass is 9.83. The third-order valence-corrected chi connectivity index (χ3v) is 7.58. The van der Waals surface area contributed by atoms with Gasteiger partial charge in [0, 0.05) is 47.9 Å². The van der Waals surface area contributed by atoms with Crippen molar-refractivity contribution in [2.24, 2.45) is 0 Å². The topological polar surface area (TPSA) is 223 Å². The van der Waals surface area contributed by atoms with Crippen LogP contribution in [0.4, 0.5) is 52.7 Å². The number of methoxy groups -OCH3 is 2. The Morgan fingerprint density at radius 3 is 1.42 bits per heavy atom. The Balaban J connectivity index is 0.000000220. The molecule has 0 spiro atoms. The fourth-order valence-electron chi connectivity index (χ4n) is 4.23. The summed E-state index contributed by atoms with van der Waals surface area (Å²) in [6, 6.07) is 1.07. The third kappa shape index (κ3) is 12.8. The van der Waals surface area contributed by atoms with Crippen molar-refractivity contribution in [3.8, 4) is 34.6 Å². The summed E-state index contributed by atoms with van der Waals surface area (Å²) in [5.41, 5.74) is -6.99. The lowest BCUT2D eigenvalue weighted by Gasteiger charge is -2.13. The van der Waals surface area contributed by atoms with Crippen molar-refractivity contribution in [1.29, 1.82) is 0 Å². The van der Waals surface area contributed by atoms with Crippen LogP contribution in [0.1, 0.15) is 11.4 Å². The second kappa shape index (κ2) is 19.1. The van der Waals surface area contributed by atoms with Crippen molar-refractivity contribution in [3.63, 3.8) is 0 Å². The zero-order valence-corrected chi connectivity index (χ0v) is 31.9. The molecule has 32 heteroatoms. The van der Waals surface area contributed by atoms with Crippen LogP contribution in [0.25, 0.3) is 22.4 Å². The van der Waals surface area contributed by atoms with Gasteiger partial charge in [0.2, 0.25) is 0 Å². The summed E-state index contributed by atoms with van der Waals surface area (Å²) in [6.07, 6.45) is -13.2. The molecule has 62 heavy (non-hydrogen) atoms. The maximum Gasteiger partial charge on any atom is 0.491 e. The van der Waals surface area contributed by atoms with E-state index in [9.17, 15) is 62.3 Å². The third-order valence-electron chi connectivity index (χ3n) is 6.86. The number of hydrogen-bond acceptors (Lipinski definition) is 16. The van der Waals surface area contributed by atoms with Gasteiger partial charge in [0.05, 0.1) is 32.2 Å². The Bertz CT molecular complexity index is 2620. The van der Waals surface area contributed by atoms with Crippen LogP contribution in [-0.4, -0.2) is 106 Å². The first-order valence-electron chi connectivity index (χ1n) is 15.9. The van der Waals surface area contributed by atoms with E-state index in [0.29, 0.717) is 4.52 Å². The molecule has 6 aromatic rings. The number of alkyl halides is 12. The van der Waals surface area contributed by atoms with Gasteiger partial charge in [-0.15, -0.1) is 0 Å². The molecule has 2 N–H and O–H groups in total. The standard InChI is InChI=1S/C15H9F6N5O3.C9H5BrF3N3O2.C6H6BF3N2O3/c1-28-8-2-9-25-11(15(19,20)21)10(12(27)26(9)24-5-8)7-3-22-13(23-4-7)29-6-14(16,17)18;1-18-4-2-5-15-7(9(11,12)13)6(10)8(17)16(5)14-3-4;8-6(9,10)3-15-5-11-1-4(2-12-5)7(13)14/h2-5H,6H2,1H3;2-3H,1H3;1-2,13-14H,3H2. The molecule has 6 aromatic heterocycles. The molecule has 0 aromatic carbocycles. The van der Waals surface area contributed by atoms with Crippen LogP contribution in [-0.2, 0) is 12.4 Å².